The van der Waals surface area contributed by atoms with Crippen LogP contribution in [0.25, 0.3) is 33.5 Å². The molecular formula is C27H21ClN4O. The summed E-state index contributed by atoms with van der Waals surface area (Å²) in [5.41, 5.74) is 5.24. The number of hydrogen-bond donors (Lipinski definition) is 2. The summed E-state index contributed by atoms with van der Waals surface area (Å²) in [7, 11) is 0. The largest absolute Gasteiger partial charge is 0.345 e. The van der Waals surface area contributed by atoms with Crippen LogP contribution >= 0.6 is 11.6 Å². The van der Waals surface area contributed by atoms with Gasteiger partial charge in [0.05, 0.1) is 28.4 Å². The number of halogens is 1. The van der Waals surface area contributed by atoms with Crippen molar-refractivity contribution in [3.63, 3.8) is 0 Å². The SMILES string of the molecule is C[C@@H](NC(=O)c1cc(-c2ccc(Cl)cc2)nc2n[nH]c(-c3ccccc3)c12)c1ccccc1. The highest BCUT2D eigenvalue weighted by atomic mass is 35.5. The van der Waals surface area contributed by atoms with E-state index in [0.29, 0.717) is 27.3 Å². The highest BCUT2D eigenvalue weighted by molar-refractivity contribution is 6.30. The van der Waals surface area contributed by atoms with Crippen LogP contribution in [0, 0.1) is 0 Å². The molecule has 6 heteroatoms. The molecule has 3 aromatic carbocycles. The molecule has 1 amide bonds. The molecule has 0 aliphatic carbocycles. The number of aromatic nitrogens is 3. The first kappa shape index (κ1) is 20.9. The summed E-state index contributed by atoms with van der Waals surface area (Å²) in [5.74, 6) is -0.187. The normalized spacial score (nSPS) is 11.9. The van der Waals surface area contributed by atoms with Crippen LogP contribution in [0.3, 0.4) is 0 Å². The number of hydrogen-bond acceptors (Lipinski definition) is 3. The molecule has 0 bridgehead atoms. The predicted octanol–water partition coefficient (Wildman–Crippen LogP) is 6.44. The van der Waals surface area contributed by atoms with Gasteiger partial charge in [-0.3, -0.25) is 9.89 Å². The molecule has 5 aromatic rings. The highest BCUT2D eigenvalue weighted by Crippen LogP contribution is 2.32. The maximum Gasteiger partial charge on any atom is 0.252 e. The Bertz CT molecular complexity index is 1410. The summed E-state index contributed by atoms with van der Waals surface area (Å²) < 4.78 is 0. The minimum absolute atomic E-state index is 0.159. The van der Waals surface area contributed by atoms with E-state index in [0.717, 1.165) is 22.4 Å². The summed E-state index contributed by atoms with van der Waals surface area (Å²) >= 11 is 6.06. The molecule has 0 spiro atoms. The van der Waals surface area contributed by atoms with E-state index in [4.69, 9.17) is 16.6 Å². The summed E-state index contributed by atoms with van der Waals surface area (Å²) in [4.78, 5) is 18.3. The number of H-pyrrole nitrogens is 1. The monoisotopic (exact) mass is 452 g/mol. The van der Waals surface area contributed by atoms with Crippen LogP contribution in [-0.4, -0.2) is 21.1 Å². The fourth-order valence-corrected chi connectivity index (χ4v) is 4.01. The Morgan fingerprint density at radius 1 is 0.909 bits per heavy atom. The van der Waals surface area contributed by atoms with Gasteiger partial charge in [-0.15, -0.1) is 0 Å². The number of nitrogens with one attached hydrogen (secondary N) is 2. The minimum Gasteiger partial charge on any atom is -0.345 e. The van der Waals surface area contributed by atoms with Gasteiger partial charge in [-0.1, -0.05) is 84.4 Å². The quantitative estimate of drug-likeness (QED) is 0.322. The summed E-state index contributed by atoms with van der Waals surface area (Å²) in [6.07, 6.45) is 0. The lowest BCUT2D eigenvalue weighted by Gasteiger charge is -2.15. The van der Waals surface area contributed by atoms with Crippen LogP contribution in [0.2, 0.25) is 5.02 Å². The summed E-state index contributed by atoms with van der Waals surface area (Å²) in [6, 6.07) is 28.7. The Kier molecular flexibility index (Phi) is 5.63. The zero-order valence-corrected chi connectivity index (χ0v) is 18.7. The van der Waals surface area contributed by atoms with E-state index in [2.05, 4.69) is 15.5 Å². The fourth-order valence-electron chi connectivity index (χ4n) is 3.88. The predicted molar refractivity (Wildman–Crippen MR) is 132 cm³/mol. The van der Waals surface area contributed by atoms with E-state index in [1.807, 2.05) is 85.8 Å². The van der Waals surface area contributed by atoms with Crippen molar-refractivity contribution < 1.29 is 4.79 Å². The van der Waals surface area contributed by atoms with Gasteiger partial charge in [0.25, 0.3) is 5.91 Å². The fraction of sp³-hybridized carbons (Fsp3) is 0.0741. The third-order valence-electron chi connectivity index (χ3n) is 5.62. The van der Waals surface area contributed by atoms with Crippen molar-refractivity contribution in [1.82, 2.24) is 20.5 Å². The van der Waals surface area contributed by atoms with E-state index in [-0.39, 0.29) is 11.9 Å². The van der Waals surface area contributed by atoms with Gasteiger partial charge in [0.2, 0.25) is 0 Å². The van der Waals surface area contributed by atoms with Crippen molar-refractivity contribution in [1.29, 1.82) is 0 Å². The number of benzene rings is 3. The second-order valence-corrected chi connectivity index (χ2v) is 8.27. The first-order valence-electron chi connectivity index (χ1n) is 10.7. The van der Waals surface area contributed by atoms with Crippen LogP contribution in [0.4, 0.5) is 0 Å². The molecule has 2 aromatic heterocycles. The number of fused-ring (bicyclic) bond motifs is 1. The first-order chi connectivity index (χ1) is 16.1. The molecule has 0 fully saturated rings. The lowest BCUT2D eigenvalue weighted by atomic mass is 10.0. The van der Waals surface area contributed by atoms with Gasteiger partial charge in [0.1, 0.15) is 0 Å². The van der Waals surface area contributed by atoms with Crippen LogP contribution < -0.4 is 5.32 Å². The molecule has 0 saturated heterocycles. The molecule has 0 aliphatic heterocycles. The van der Waals surface area contributed by atoms with Gasteiger partial charge in [0, 0.05) is 16.1 Å². The Labute approximate surface area is 196 Å². The van der Waals surface area contributed by atoms with Gasteiger partial charge in [-0.25, -0.2) is 4.98 Å². The Balaban J connectivity index is 1.64. The van der Waals surface area contributed by atoms with Crippen LogP contribution in [0.5, 0.6) is 0 Å². The summed E-state index contributed by atoms with van der Waals surface area (Å²) in [6.45, 7) is 1.97. The van der Waals surface area contributed by atoms with Gasteiger partial charge in [-0.05, 0) is 30.7 Å². The number of rotatable bonds is 5. The zero-order valence-electron chi connectivity index (χ0n) is 17.9. The van der Waals surface area contributed by atoms with Gasteiger partial charge in [0.15, 0.2) is 5.65 Å². The second kappa shape index (κ2) is 8.88. The molecule has 0 aliphatic rings. The van der Waals surface area contributed by atoms with Crippen LogP contribution in [0.1, 0.15) is 28.9 Å². The van der Waals surface area contributed by atoms with Crippen LogP contribution in [-0.2, 0) is 0 Å². The van der Waals surface area contributed by atoms with Crippen molar-refractivity contribution in [2.24, 2.45) is 0 Å². The number of amides is 1. The molecule has 2 heterocycles. The van der Waals surface area contributed by atoms with Crippen molar-refractivity contribution in [2.45, 2.75) is 13.0 Å². The van der Waals surface area contributed by atoms with Gasteiger partial charge >= 0.3 is 0 Å². The molecular weight excluding hydrogens is 432 g/mol. The first-order valence-corrected chi connectivity index (χ1v) is 11.0. The van der Waals surface area contributed by atoms with Crippen molar-refractivity contribution in [3.8, 4) is 22.5 Å². The Morgan fingerprint density at radius 3 is 2.27 bits per heavy atom. The second-order valence-electron chi connectivity index (χ2n) is 7.83. The smallest absolute Gasteiger partial charge is 0.252 e. The van der Waals surface area contributed by atoms with Gasteiger partial charge in [-0.2, -0.15) is 5.10 Å². The molecule has 162 valence electrons. The lowest BCUT2D eigenvalue weighted by Crippen LogP contribution is -2.27. The molecule has 33 heavy (non-hydrogen) atoms. The topological polar surface area (TPSA) is 70.7 Å². The summed E-state index contributed by atoms with van der Waals surface area (Å²) in [5, 5.41) is 12.0. The number of carbonyl (C=O) groups is 1. The van der Waals surface area contributed by atoms with Crippen molar-refractivity contribution >= 4 is 28.5 Å². The Morgan fingerprint density at radius 2 is 1.58 bits per heavy atom. The molecule has 1 atom stereocenters. The zero-order chi connectivity index (χ0) is 22.8. The minimum atomic E-state index is -0.187. The molecule has 5 rings (SSSR count). The highest BCUT2D eigenvalue weighted by Gasteiger charge is 2.21. The maximum atomic E-state index is 13.6. The molecule has 5 nitrogen and oxygen atoms in total. The average Bonchev–Trinajstić information content (AvgIpc) is 3.29. The number of pyridine rings is 1. The van der Waals surface area contributed by atoms with Crippen molar-refractivity contribution in [3.05, 3.63) is 107 Å². The molecule has 2 N–H and O–H groups in total. The molecule has 0 unspecified atom stereocenters. The Hall–Kier alpha value is -3.96. The van der Waals surface area contributed by atoms with E-state index in [9.17, 15) is 4.79 Å². The van der Waals surface area contributed by atoms with E-state index in [1.165, 1.54) is 0 Å². The number of aromatic amines is 1. The lowest BCUT2D eigenvalue weighted by molar-refractivity contribution is 0.0941. The number of nitrogens with zero attached hydrogens (tertiary/aromatic N) is 2. The van der Waals surface area contributed by atoms with E-state index < -0.39 is 0 Å². The average molecular weight is 453 g/mol. The maximum absolute atomic E-state index is 13.6. The van der Waals surface area contributed by atoms with E-state index in [1.54, 1.807) is 12.1 Å². The third-order valence-corrected chi connectivity index (χ3v) is 5.87. The molecule has 0 radical (unpaired) electrons. The van der Waals surface area contributed by atoms with Crippen molar-refractivity contribution in [2.75, 3.05) is 0 Å². The van der Waals surface area contributed by atoms with Gasteiger partial charge < -0.3 is 5.32 Å². The number of carbonyl (C=O) groups excluding carboxylic acids is 1. The third kappa shape index (κ3) is 4.23. The van der Waals surface area contributed by atoms with E-state index >= 15 is 0 Å². The standard InChI is InChI=1S/C27H21ClN4O/c1-17(18-8-4-2-5-9-18)29-27(33)22-16-23(19-12-14-21(28)15-13-19)30-26-24(22)25(31-32-26)20-10-6-3-7-11-20/h2-17H,1H3,(H,29,33)(H,30,31,32)/t17-/m1/s1. The van der Waals surface area contributed by atoms with Crippen LogP contribution in [0.15, 0.2) is 91.0 Å². The molecule has 0 saturated carbocycles.